The maximum Gasteiger partial charge on any atom is 0.238 e. The molecule has 1 heterocycles. The van der Waals surface area contributed by atoms with Crippen LogP contribution < -0.4 is 15.8 Å². The molecule has 5 N–H and O–H groups in total. The van der Waals surface area contributed by atoms with Gasteiger partial charge in [0.05, 0.1) is 21.0 Å². The number of hydrogen-bond acceptors (Lipinski definition) is 7. The second kappa shape index (κ2) is 7.47. The van der Waals surface area contributed by atoms with E-state index in [9.17, 15) is 13.5 Å². The molecule has 0 unspecified atom stereocenters. The molecule has 0 spiro atoms. The van der Waals surface area contributed by atoms with E-state index in [4.69, 9.17) is 5.14 Å². The number of anilines is 3. The lowest BCUT2D eigenvalue weighted by molar-refractivity contribution is 0.0647. The highest BCUT2D eigenvalue weighted by Gasteiger charge is 2.23. The average molecular weight is 444 g/mol. The fraction of sp³-hybridized carbons (Fsp3) is 0.375. The first-order valence-corrected chi connectivity index (χ1v) is 10.1. The van der Waals surface area contributed by atoms with Crippen LogP contribution in [0.4, 0.5) is 17.5 Å². The fourth-order valence-electron chi connectivity index (χ4n) is 2.09. The smallest absolute Gasteiger partial charge is 0.238 e. The molecular formula is C16H22BrN5O3S. The molecule has 10 heteroatoms. The monoisotopic (exact) mass is 443 g/mol. The van der Waals surface area contributed by atoms with Gasteiger partial charge in [0.1, 0.15) is 5.82 Å². The predicted molar refractivity (Wildman–Crippen MR) is 105 cm³/mol. The summed E-state index contributed by atoms with van der Waals surface area (Å²) in [7, 11) is -3.76. The predicted octanol–water partition coefficient (Wildman–Crippen LogP) is 2.51. The van der Waals surface area contributed by atoms with Crippen LogP contribution in [0.25, 0.3) is 0 Å². The number of aryl methyl sites for hydroxylation is 1. The third-order valence-electron chi connectivity index (χ3n) is 3.89. The van der Waals surface area contributed by atoms with Gasteiger partial charge in [-0.2, -0.15) is 4.98 Å². The van der Waals surface area contributed by atoms with Crippen LogP contribution in [0, 0.1) is 6.92 Å². The Kier molecular flexibility index (Phi) is 5.91. The van der Waals surface area contributed by atoms with Crippen molar-refractivity contribution in [1.82, 2.24) is 9.97 Å². The van der Waals surface area contributed by atoms with Crippen LogP contribution in [-0.4, -0.2) is 35.1 Å². The molecule has 0 bridgehead atoms. The third kappa shape index (κ3) is 5.13. The van der Waals surface area contributed by atoms with Crippen molar-refractivity contribution in [2.45, 2.75) is 44.2 Å². The summed E-state index contributed by atoms with van der Waals surface area (Å²) in [5.74, 6) is 0.844. The lowest BCUT2D eigenvalue weighted by Crippen LogP contribution is -2.39. The van der Waals surface area contributed by atoms with Crippen LogP contribution in [-0.2, 0) is 10.0 Å². The number of aromatic nitrogens is 2. The van der Waals surface area contributed by atoms with Gasteiger partial charge < -0.3 is 15.7 Å². The highest BCUT2D eigenvalue weighted by atomic mass is 79.9. The average Bonchev–Trinajstić information content (AvgIpc) is 2.48. The normalized spacial score (nSPS) is 13.3. The SMILES string of the molecule is Cc1cc(Nc2ncc(Br)c(N[C@H](C)C(C)(C)O)n2)ccc1S(N)(=O)=O. The molecule has 8 nitrogen and oxygen atoms in total. The lowest BCUT2D eigenvalue weighted by Gasteiger charge is -2.27. The highest BCUT2D eigenvalue weighted by molar-refractivity contribution is 9.10. The zero-order chi connectivity index (χ0) is 19.7. The zero-order valence-electron chi connectivity index (χ0n) is 14.9. The number of benzene rings is 1. The number of sulfonamides is 1. The number of aliphatic hydroxyl groups is 1. The Bertz CT molecular complexity index is 913. The summed E-state index contributed by atoms with van der Waals surface area (Å²) in [4.78, 5) is 8.65. The minimum absolute atomic E-state index is 0.0705. The maximum atomic E-state index is 11.5. The van der Waals surface area contributed by atoms with Gasteiger partial charge >= 0.3 is 0 Å². The van der Waals surface area contributed by atoms with Crippen molar-refractivity contribution in [3.05, 3.63) is 34.4 Å². The van der Waals surface area contributed by atoms with Gasteiger partial charge in [-0.1, -0.05) is 0 Å². The molecule has 0 aliphatic carbocycles. The molecule has 26 heavy (non-hydrogen) atoms. The number of nitrogens with one attached hydrogen (secondary N) is 2. The minimum atomic E-state index is -3.76. The molecule has 2 rings (SSSR count). The summed E-state index contributed by atoms with van der Waals surface area (Å²) < 4.78 is 23.6. The van der Waals surface area contributed by atoms with E-state index >= 15 is 0 Å². The summed E-state index contributed by atoms with van der Waals surface area (Å²) >= 11 is 3.38. The van der Waals surface area contributed by atoms with Gasteiger partial charge in [-0.25, -0.2) is 18.5 Å². The van der Waals surface area contributed by atoms with E-state index in [0.717, 1.165) is 0 Å². The molecule has 2 aromatic rings. The zero-order valence-corrected chi connectivity index (χ0v) is 17.3. The van der Waals surface area contributed by atoms with Crippen molar-refractivity contribution >= 4 is 43.4 Å². The lowest BCUT2D eigenvalue weighted by atomic mass is 10.0. The Morgan fingerprint density at radius 2 is 2.00 bits per heavy atom. The number of nitrogens with zero attached hydrogens (tertiary/aromatic N) is 2. The van der Waals surface area contributed by atoms with Crippen LogP contribution in [0.5, 0.6) is 0 Å². The van der Waals surface area contributed by atoms with E-state index in [-0.39, 0.29) is 10.9 Å². The molecular weight excluding hydrogens is 422 g/mol. The van der Waals surface area contributed by atoms with Gasteiger partial charge in [0.2, 0.25) is 16.0 Å². The van der Waals surface area contributed by atoms with E-state index in [2.05, 4.69) is 36.5 Å². The van der Waals surface area contributed by atoms with Crippen molar-refractivity contribution in [2.24, 2.45) is 5.14 Å². The highest BCUT2D eigenvalue weighted by Crippen LogP contribution is 2.25. The fourth-order valence-corrected chi connectivity index (χ4v) is 3.16. The standard InChI is InChI=1S/C16H22BrN5O3S/c1-9-7-11(5-6-13(9)26(18,24)25)21-15-19-8-12(17)14(22-15)20-10(2)16(3,4)23/h5-8,10,23H,1-4H3,(H2,18,24,25)(H2,19,20,21,22)/t10-/m1/s1. The number of primary sulfonamides is 1. The first kappa shape index (κ1) is 20.6. The quantitative estimate of drug-likeness (QED) is 0.539. The maximum absolute atomic E-state index is 11.5. The second-order valence-electron chi connectivity index (χ2n) is 6.56. The van der Waals surface area contributed by atoms with Crippen LogP contribution in [0.3, 0.4) is 0 Å². The van der Waals surface area contributed by atoms with Gasteiger partial charge in [-0.3, -0.25) is 0 Å². The van der Waals surface area contributed by atoms with Crippen molar-refractivity contribution in [1.29, 1.82) is 0 Å². The van der Waals surface area contributed by atoms with Crippen LogP contribution in [0.1, 0.15) is 26.3 Å². The van der Waals surface area contributed by atoms with Crippen molar-refractivity contribution in [2.75, 3.05) is 10.6 Å². The minimum Gasteiger partial charge on any atom is -0.388 e. The summed E-state index contributed by atoms with van der Waals surface area (Å²) in [6.07, 6.45) is 1.58. The Labute approximate surface area is 161 Å². The first-order chi connectivity index (χ1) is 11.9. The molecule has 0 aliphatic rings. The molecule has 0 saturated heterocycles. The number of nitrogens with two attached hydrogens (primary N) is 1. The van der Waals surface area contributed by atoms with Gasteiger partial charge in [0.25, 0.3) is 0 Å². The number of rotatable bonds is 6. The topological polar surface area (TPSA) is 130 Å². The molecule has 1 aromatic heterocycles. The third-order valence-corrected chi connectivity index (χ3v) is 5.55. The first-order valence-electron chi connectivity index (χ1n) is 7.80. The van der Waals surface area contributed by atoms with E-state index in [1.54, 1.807) is 39.1 Å². The van der Waals surface area contributed by atoms with E-state index in [1.165, 1.54) is 6.07 Å². The molecule has 0 radical (unpaired) electrons. The number of hydrogen-bond donors (Lipinski definition) is 4. The Morgan fingerprint density at radius 1 is 1.35 bits per heavy atom. The van der Waals surface area contributed by atoms with Crippen LogP contribution in [0.2, 0.25) is 0 Å². The Hall–Kier alpha value is -1.75. The molecule has 0 amide bonds. The molecule has 0 saturated carbocycles. The Morgan fingerprint density at radius 3 is 2.54 bits per heavy atom. The van der Waals surface area contributed by atoms with E-state index in [1.807, 2.05) is 6.92 Å². The van der Waals surface area contributed by atoms with E-state index in [0.29, 0.717) is 27.5 Å². The summed E-state index contributed by atoms with van der Waals surface area (Å²) in [6, 6.07) is 4.42. The molecule has 1 aromatic carbocycles. The summed E-state index contributed by atoms with van der Waals surface area (Å²) in [6.45, 7) is 6.91. The van der Waals surface area contributed by atoms with Crippen molar-refractivity contribution < 1.29 is 13.5 Å². The van der Waals surface area contributed by atoms with Crippen LogP contribution in [0.15, 0.2) is 33.8 Å². The van der Waals surface area contributed by atoms with Gasteiger partial charge in [0.15, 0.2) is 0 Å². The van der Waals surface area contributed by atoms with Crippen LogP contribution >= 0.6 is 15.9 Å². The Balaban J connectivity index is 2.26. The summed E-state index contributed by atoms with van der Waals surface area (Å²) in [5.41, 5.74) is 0.209. The number of halogens is 1. The second-order valence-corrected chi connectivity index (χ2v) is 8.94. The van der Waals surface area contributed by atoms with Gasteiger partial charge in [-0.05, 0) is 67.4 Å². The van der Waals surface area contributed by atoms with Gasteiger partial charge in [0, 0.05) is 11.9 Å². The van der Waals surface area contributed by atoms with Crippen molar-refractivity contribution in [3.63, 3.8) is 0 Å². The molecule has 142 valence electrons. The molecule has 0 aliphatic heterocycles. The molecule has 1 atom stereocenters. The summed E-state index contributed by atoms with van der Waals surface area (Å²) in [5, 5.41) is 21.4. The van der Waals surface area contributed by atoms with E-state index < -0.39 is 15.6 Å². The largest absolute Gasteiger partial charge is 0.388 e. The molecule has 0 fully saturated rings. The van der Waals surface area contributed by atoms with Crippen molar-refractivity contribution in [3.8, 4) is 0 Å². The van der Waals surface area contributed by atoms with Gasteiger partial charge in [-0.15, -0.1) is 0 Å².